The molecule has 1 aromatic heterocycles. The number of methoxy groups -OCH3 is 1. The van der Waals surface area contributed by atoms with Crippen molar-refractivity contribution in [3.8, 4) is 0 Å². The monoisotopic (exact) mass is 399 g/mol. The number of ether oxygens (including phenoxy) is 1. The Kier molecular flexibility index (Phi) is 7.84. The summed E-state index contributed by atoms with van der Waals surface area (Å²) < 4.78 is 7.25. The summed E-state index contributed by atoms with van der Waals surface area (Å²) in [5.74, 6) is -0.260. The van der Waals surface area contributed by atoms with Gasteiger partial charge in [0.05, 0.1) is 18.3 Å². The Morgan fingerprint density at radius 2 is 2.23 bits per heavy atom. The molecule has 1 aliphatic heterocycles. The van der Waals surface area contributed by atoms with Gasteiger partial charge in [0.15, 0.2) is 5.69 Å². The van der Waals surface area contributed by atoms with E-state index in [1.807, 2.05) is 18.2 Å². The summed E-state index contributed by atoms with van der Waals surface area (Å²) in [7, 11) is 1.60. The molecule has 1 fully saturated rings. The van der Waals surface area contributed by atoms with Crippen molar-refractivity contribution in [1.29, 1.82) is 0 Å². The zero-order valence-corrected chi connectivity index (χ0v) is 16.1. The first-order valence-electron chi connectivity index (χ1n) is 8.36. The number of carbonyl (C=O) groups is 1. The molecule has 0 radical (unpaired) electrons. The number of carbonyl (C=O) groups excluding carboxylic acids is 1. The van der Waals surface area contributed by atoms with Crippen LogP contribution in [0.3, 0.4) is 0 Å². The Bertz CT molecular complexity index is 719. The van der Waals surface area contributed by atoms with E-state index in [1.54, 1.807) is 24.1 Å². The van der Waals surface area contributed by atoms with Crippen LogP contribution in [0.25, 0.3) is 0 Å². The van der Waals surface area contributed by atoms with Crippen LogP contribution in [-0.4, -0.2) is 47.6 Å². The zero-order valence-electron chi connectivity index (χ0n) is 14.5. The van der Waals surface area contributed by atoms with E-state index in [2.05, 4.69) is 20.9 Å². The molecule has 0 spiro atoms. The Hall–Kier alpha value is -1.67. The quantitative estimate of drug-likeness (QED) is 0.779. The van der Waals surface area contributed by atoms with Crippen molar-refractivity contribution in [2.24, 2.45) is 0 Å². The second-order valence-electron chi connectivity index (χ2n) is 6.05. The van der Waals surface area contributed by atoms with E-state index >= 15 is 0 Å². The normalized spacial score (nSPS) is 15.9. The minimum Gasteiger partial charge on any atom is -0.375 e. The third-order valence-corrected chi connectivity index (χ3v) is 4.61. The maximum absolute atomic E-state index is 12.3. The van der Waals surface area contributed by atoms with Crippen molar-refractivity contribution >= 4 is 29.9 Å². The Balaban J connectivity index is 0.00000243. The summed E-state index contributed by atoms with van der Waals surface area (Å²) in [4.78, 5) is 12.3. The van der Waals surface area contributed by atoms with Crippen LogP contribution in [-0.2, 0) is 4.74 Å². The topological polar surface area (TPSA) is 81.1 Å². The Labute approximate surface area is 163 Å². The van der Waals surface area contributed by atoms with Crippen LogP contribution in [0.5, 0.6) is 0 Å². The average molecular weight is 400 g/mol. The molecule has 9 heteroatoms. The molecule has 1 aliphatic rings. The molecule has 1 aromatic carbocycles. The number of nitrogens with one attached hydrogen (secondary N) is 2. The van der Waals surface area contributed by atoms with Gasteiger partial charge in [-0.1, -0.05) is 28.9 Å². The first-order chi connectivity index (χ1) is 12.2. The van der Waals surface area contributed by atoms with Crippen LogP contribution >= 0.6 is 24.0 Å². The molecule has 1 atom stereocenters. The fourth-order valence-electron chi connectivity index (χ4n) is 2.95. The minimum atomic E-state index is -0.276. The van der Waals surface area contributed by atoms with Crippen molar-refractivity contribution < 1.29 is 9.53 Å². The van der Waals surface area contributed by atoms with E-state index in [-0.39, 0.29) is 24.4 Å². The number of rotatable bonds is 6. The number of aromatic nitrogens is 3. The third-order valence-electron chi connectivity index (χ3n) is 4.38. The van der Waals surface area contributed by atoms with Gasteiger partial charge >= 0.3 is 0 Å². The summed E-state index contributed by atoms with van der Waals surface area (Å²) in [6.45, 7) is 2.25. The van der Waals surface area contributed by atoms with Crippen molar-refractivity contribution in [3.05, 3.63) is 46.7 Å². The maximum atomic E-state index is 12.3. The highest BCUT2D eigenvalue weighted by molar-refractivity contribution is 6.30. The molecule has 1 saturated heterocycles. The highest BCUT2D eigenvalue weighted by Crippen LogP contribution is 2.20. The Morgan fingerprint density at radius 3 is 2.92 bits per heavy atom. The number of hydrogen-bond donors (Lipinski definition) is 2. The lowest BCUT2D eigenvalue weighted by Crippen LogP contribution is -2.30. The summed E-state index contributed by atoms with van der Waals surface area (Å²) >= 11 is 6.01. The molecule has 3 rings (SSSR count). The number of halogens is 2. The van der Waals surface area contributed by atoms with Gasteiger partial charge in [0.25, 0.3) is 5.91 Å². The summed E-state index contributed by atoms with van der Waals surface area (Å²) in [6.07, 6.45) is 3.42. The van der Waals surface area contributed by atoms with E-state index in [0.717, 1.165) is 31.5 Å². The number of benzene rings is 1. The lowest BCUT2D eigenvalue weighted by molar-refractivity contribution is 0.0824. The second-order valence-corrected chi connectivity index (χ2v) is 6.49. The minimum absolute atomic E-state index is 0. The fraction of sp³-hybridized carbons (Fsp3) is 0.471. The first kappa shape index (κ1) is 20.6. The van der Waals surface area contributed by atoms with Crippen LogP contribution in [0.1, 0.15) is 41.0 Å². The first-order valence-corrected chi connectivity index (χ1v) is 8.74. The van der Waals surface area contributed by atoms with Gasteiger partial charge in [-0.25, -0.2) is 4.68 Å². The molecular weight excluding hydrogens is 377 g/mol. The standard InChI is InChI=1S/C17H22ClN5O2.ClH/c1-25-16(12-3-2-4-13(18)9-12)10-20-17(24)15-11-23(22-21-15)14-5-7-19-8-6-14;/h2-4,9,11,14,16,19H,5-8,10H2,1H3,(H,20,24);1H. The lowest BCUT2D eigenvalue weighted by atomic mass is 10.1. The Morgan fingerprint density at radius 1 is 1.46 bits per heavy atom. The van der Waals surface area contributed by atoms with Crippen LogP contribution in [0.4, 0.5) is 0 Å². The van der Waals surface area contributed by atoms with Gasteiger partial charge < -0.3 is 15.4 Å². The van der Waals surface area contributed by atoms with Gasteiger partial charge in [-0.2, -0.15) is 0 Å². The summed E-state index contributed by atoms with van der Waals surface area (Å²) in [5.41, 5.74) is 1.23. The second kappa shape index (κ2) is 9.87. The van der Waals surface area contributed by atoms with Gasteiger partial charge in [0.1, 0.15) is 0 Å². The fourth-order valence-corrected chi connectivity index (χ4v) is 3.15. The predicted molar refractivity (Wildman–Crippen MR) is 102 cm³/mol. The van der Waals surface area contributed by atoms with Crippen LogP contribution < -0.4 is 10.6 Å². The molecule has 0 bridgehead atoms. The molecule has 142 valence electrons. The van der Waals surface area contributed by atoms with E-state index < -0.39 is 0 Å². The summed E-state index contributed by atoms with van der Waals surface area (Å²) in [6, 6.07) is 7.70. The molecule has 2 N–H and O–H groups in total. The number of piperidine rings is 1. The third kappa shape index (κ3) is 5.17. The molecule has 1 amide bonds. The van der Waals surface area contributed by atoms with E-state index in [0.29, 0.717) is 23.3 Å². The average Bonchev–Trinajstić information content (AvgIpc) is 3.13. The molecule has 0 aliphatic carbocycles. The lowest BCUT2D eigenvalue weighted by Gasteiger charge is -2.22. The van der Waals surface area contributed by atoms with Crippen molar-refractivity contribution in [2.45, 2.75) is 25.0 Å². The van der Waals surface area contributed by atoms with Gasteiger partial charge in [0.2, 0.25) is 0 Å². The SMILES string of the molecule is COC(CNC(=O)c1cn(C2CCNCC2)nn1)c1cccc(Cl)c1.Cl. The van der Waals surface area contributed by atoms with Gasteiger partial charge in [-0.3, -0.25) is 4.79 Å². The van der Waals surface area contributed by atoms with Crippen LogP contribution in [0.2, 0.25) is 5.02 Å². The smallest absolute Gasteiger partial charge is 0.273 e. The molecule has 26 heavy (non-hydrogen) atoms. The molecule has 7 nitrogen and oxygen atoms in total. The molecule has 2 aromatic rings. The number of hydrogen-bond acceptors (Lipinski definition) is 5. The van der Waals surface area contributed by atoms with Gasteiger partial charge in [-0.05, 0) is 43.6 Å². The number of amides is 1. The van der Waals surface area contributed by atoms with Gasteiger partial charge in [-0.15, -0.1) is 17.5 Å². The van der Waals surface area contributed by atoms with Crippen LogP contribution in [0.15, 0.2) is 30.5 Å². The summed E-state index contributed by atoms with van der Waals surface area (Å²) in [5, 5.41) is 14.9. The predicted octanol–water partition coefficient (Wildman–Crippen LogP) is 2.40. The molecule has 1 unspecified atom stereocenters. The van der Waals surface area contributed by atoms with Crippen molar-refractivity contribution in [3.63, 3.8) is 0 Å². The maximum Gasteiger partial charge on any atom is 0.273 e. The van der Waals surface area contributed by atoms with E-state index in [4.69, 9.17) is 16.3 Å². The largest absolute Gasteiger partial charge is 0.375 e. The number of nitrogens with zero attached hydrogens (tertiary/aromatic N) is 3. The highest BCUT2D eigenvalue weighted by atomic mass is 35.5. The molecule has 2 heterocycles. The van der Waals surface area contributed by atoms with Crippen LogP contribution in [0, 0.1) is 0 Å². The van der Waals surface area contributed by atoms with Gasteiger partial charge in [0, 0.05) is 18.7 Å². The van der Waals surface area contributed by atoms with E-state index in [9.17, 15) is 4.79 Å². The van der Waals surface area contributed by atoms with Crippen molar-refractivity contribution in [1.82, 2.24) is 25.6 Å². The van der Waals surface area contributed by atoms with E-state index in [1.165, 1.54) is 0 Å². The van der Waals surface area contributed by atoms with Crippen molar-refractivity contribution in [2.75, 3.05) is 26.7 Å². The highest BCUT2D eigenvalue weighted by Gasteiger charge is 2.19. The molecule has 0 saturated carbocycles. The molecular formula is C17H23Cl2N5O2. The zero-order chi connectivity index (χ0) is 17.6.